The third-order valence-electron chi connectivity index (χ3n) is 6.14. The standard InChI is InChI=1S/C16H14N6O2S.C15H13N5OS.CNO.ClH.K/c17-7-11-13(9-1-3-10(23)4-2-9)12(8-18)15(22-14(11)19)25-6-5-21-16(20)24;16-5-6-22-15-12(8-18)13(11(7-17)14(19)20-15)9-1-3-10(21)4-2-9;2-1-3;;/h1-4,23H,5-6H2,(H2,19,22)(H3,20,21,24);1-4,21H,5-6,16H2,(H2,19,20);;1H;/q;;-1;;+1. The fourth-order valence-electron chi connectivity index (χ4n) is 4.12. The molecule has 4 rings (SSSR count). The van der Waals surface area contributed by atoms with Gasteiger partial charge in [-0.15, -0.1) is 23.5 Å². The molecule has 2 aromatic carbocycles. The van der Waals surface area contributed by atoms with E-state index in [9.17, 15) is 36.1 Å². The van der Waals surface area contributed by atoms with E-state index in [1.54, 1.807) is 24.3 Å². The minimum atomic E-state index is -0.641. The molecule has 260 valence electrons. The van der Waals surface area contributed by atoms with Gasteiger partial charge in [0.25, 0.3) is 0 Å². The van der Waals surface area contributed by atoms with E-state index in [-0.39, 0.29) is 111 Å². The maximum Gasteiger partial charge on any atom is 1.00 e. The molecule has 0 atom stereocenters. The van der Waals surface area contributed by atoms with Gasteiger partial charge in [-0.25, -0.2) is 14.8 Å². The van der Waals surface area contributed by atoms with E-state index in [1.807, 2.05) is 12.1 Å². The van der Waals surface area contributed by atoms with Gasteiger partial charge in [-0.2, -0.15) is 21.0 Å². The third-order valence-corrected chi connectivity index (χ3v) is 8.13. The predicted octanol–water partition coefficient (Wildman–Crippen LogP) is -2.62. The van der Waals surface area contributed by atoms with Crippen molar-refractivity contribution in [2.75, 3.05) is 36.1 Å². The molecule has 0 aliphatic rings. The van der Waals surface area contributed by atoms with Crippen LogP contribution in [0.15, 0.2) is 58.6 Å². The van der Waals surface area contributed by atoms with E-state index in [1.165, 1.54) is 47.8 Å². The number of amides is 2. The van der Waals surface area contributed by atoms with E-state index in [2.05, 4.69) is 27.4 Å². The van der Waals surface area contributed by atoms with Crippen LogP contribution in [0.2, 0.25) is 0 Å². The fourth-order valence-corrected chi connectivity index (χ4v) is 5.73. The molecule has 2 heterocycles. The number of phenols is 2. The quantitative estimate of drug-likeness (QED) is 0.0301. The smallest absolute Gasteiger partial charge is 1.00 e. The van der Waals surface area contributed by atoms with Gasteiger partial charge in [0.05, 0.1) is 11.1 Å². The molecule has 0 radical (unpaired) electrons. The van der Waals surface area contributed by atoms with Gasteiger partial charge in [0.15, 0.2) is 0 Å². The molecule has 0 saturated heterocycles. The summed E-state index contributed by atoms with van der Waals surface area (Å²) >= 11 is 2.54. The number of pyridine rings is 2. The first-order valence-corrected chi connectivity index (χ1v) is 15.8. The summed E-state index contributed by atoms with van der Waals surface area (Å²) in [6.45, 7) is 0.729. The number of aromatic nitrogens is 2. The summed E-state index contributed by atoms with van der Waals surface area (Å²) in [6, 6.07) is 19.8. The second-order valence-corrected chi connectivity index (χ2v) is 11.4. The number of rotatable bonds is 9. The number of anilines is 2. The Bertz CT molecular complexity index is 2060. The Morgan fingerprint density at radius 3 is 1.42 bits per heavy atom. The van der Waals surface area contributed by atoms with E-state index in [0.29, 0.717) is 63.0 Å². The largest absolute Gasteiger partial charge is 1.00 e. The van der Waals surface area contributed by atoms with Crippen LogP contribution in [0.1, 0.15) is 23.7 Å². The van der Waals surface area contributed by atoms with E-state index < -0.39 is 6.03 Å². The normalized spacial score (nSPS) is 9.10. The zero-order chi connectivity index (χ0) is 37.2. The minimum Gasteiger partial charge on any atom is -1.00 e. The van der Waals surface area contributed by atoms with Crippen LogP contribution in [-0.2, 0) is 4.79 Å². The summed E-state index contributed by atoms with van der Waals surface area (Å²) in [5.41, 5.74) is 24.9. The number of nitriles is 4. The van der Waals surface area contributed by atoms with Gasteiger partial charge in [0, 0.05) is 35.7 Å². The number of hydrogen-bond donors (Lipinski definition) is 7. The van der Waals surface area contributed by atoms with Crippen LogP contribution in [-0.4, -0.2) is 56.9 Å². The molecule has 0 bridgehead atoms. The van der Waals surface area contributed by atoms with Crippen molar-refractivity contribution in [2.24, 2.45) is 11.5 Å². The average Bonchev–Trinajstić information content (AvgIpc) is 3.10. The molecule has 2 amide bonds. The number of isocyanates is 1. The zero-order valence-corrected chi connectivity index (χ0v) is 32.8. The van der Waals surface area contributed by atoms with Gasteiger partial charge in [0.1, 0.15) is 68.6 Å². The summed E-state index contributed by atoms with van der Waals surface area (Å²) in [4.78, 5) is 27.2. The topological polar surface area (TPSA) is 334 Å². The van der Waals surface area contributed by atoms with Crippen LogP contribution in [0.5, 0.6) is 11.5 Å². The van der Waals surface area contributed by atoms with Crippen LogP contribution in [0.4, 0.5) is 16.4 Å². The molecule has 2 aromatic heterocycles. The number of hydrogen-bond acceptors (Lipinski definition) is 15. The average molecular weight is 783 g/mol. The molecule has 0 aliphatic heterocycles. The number of nitrogens with two attached hydrogens (primary N) is 4. The van der Waals surface area contributed by atoms with Crippen molar-refractivity contribution in [3.63, 3.8) is 0 Å². The molecule has 52 heavy (non-hydrogen) atoms. The van der Waals surface area contributed by atoms with Crippen molar-refractivity contribution in [1.29, 1.82) is 21.0 Å². The van der Waals surface area contributed by atoms with Crippen molar-refractivity contribution in [3.05, 3.63) is 76.2 Å². The van der Waals surface area contributed by atoms with Crippen LogP contribution in [0.3, 0.4) is 0 Å². The van der Waals surface area contributed by atoms with Crippen LogP contribution < -0.4 is 92.0 Å². The van der Waals surface area contributed by atoms with Gasteiger partial charge < -0.3 is 56.3 Å². The summed E-state index contributed by atoms with van der Waals surface area (Å²) in [5, 5.41) is 66.7. The third kappa shape index (κ3) is 13.0. The Balaban J connectivity index is 0. The predicted molar refractivity (Wildman–Crippen MR) is 189 cm³/mol. The van der Waals surface area contributed by atoms with Crippen LogP contribution in [0, 0.1) is 45.3 Å². The molecule has 0 unspecified atom stereocenters. The molecule has 11 N–H and O–H groups in total. The fraction of sp³-hybridized carbons (Fsp3) is 0.125. The van der Waals surface area contributed by atoms with E-state index in [0.717, 1.165) is 0 Å². The molecule has 4 aromatic rings. The van der Waals surface area contributed by atoms with Crippen molar-refractivity contribution in [1.82, 2.24) is 15.3 Å². The molecular weight excluding hydrogens is 755 g/mol. The van der Waals surface area contributed by atoms with Crippen molar-refractivity contribution in [2.45, 2.75) is 10.1 Å². The Kier molecular flexibility index (Phi) is 22.1. The number of primary amides is 1. The maximum absolute atomic E-state index is 10.7. The summed E-state index contributed by atoms with van der Waals surface area (Å²) in [5.74, 6) is 1.25. The molecule has 0 saturated carbocycles. The van der Waals surface area contributed by atoms with Crippen molar-refractivity contribution in [3.8, 4) is 58.0 Å². The molecule has 0 aliphatic carbocycles. The first-order chi connectivity index (χ1) is 24.0. The zero-order valence-electron chi connectivity index (χ0n) is 28.3. The van der Waals surface area contributed by atoms with Crippen LogP contribution in [0.25, 0.3) is 27.7 Å². The Labute approximate surface area is 357 Å². The minimum absolute atomic E-state index is 0. The van der Waals surface area contributed by atoms with Gasteiger partial charge in [-0.05, 0) is 41.5 Å². The molecular formula is C32H28ClKN12O4S2. The molecule has 20 heteroatoms. The number of nitrogens with one attached hydrogen (secondary N) is 1. The summed E-state index contributed by atoms with van der Waals surface area (Å²) < 4.78 is 0. The summed E-state index contributed by atoms with van der Waals surface area (Å²) in [7, 11) is 0. The number of thioether (sulfide) groups is 2. The summed E-state index contributed by atoms with van der Waals surface area (Å²) in [6.07, 6.45) is 0.500. The number of carbonyl (C=O) groups excluding carboxylic acids is 2. The molecule has 16 nitrogen and oxygen atoms in total. The van der Waals surface area contributed by atoms with Crippen LogP contribution >= 0.6 is 23.5 Å². The Morgan fingerprint density at radius 1 is 0.769 bits per heavy atom. The van der Waals surface area contributed by atoms with Gasteiger partial charge in [-0.1, -0.05) is 24.3 Å². The first kappa shape index (κ1) is 47.1. The van der Waals surface area contributed by atoms with Crippen molar-refractivity contribution < 1.29 is 85.0 Å². The van der Waals surface area contributed by atoms with Gasteiger partial charge in [-0.3, -0.25) is 4.79 Å². The molecule has 0 fully saturated rings. The first-order valence-electron chi connectivity index (χ1n) is 13.9. The van der Waals surface area contributed by atoms with Gasteiger partial charge >= 0.3 is 58.8 Å². The Morgan fingerprint density at radius 2 is 1.12 bits per heavy atom. The van der Waals surface area contributed by atoms with E-state index in [4.69, 9.17) is 33.1 Å². The SMILES string of the molecule is N#Cc1c(N)nc(SCCN)c(C#N)c1-c1ccc(O)cc1.N#Cc1c(N)nc(SCCNC(N)=O)c(C#N)c1-c1ccc(O)cc1.[Cl-].[H+].[K+].[N-]=C=O. The maximum atomic E-state index is 10.7. The number of halogens is 1. The molecule has 0 spiro atoms. The van der Waals surface area contributed by atoms with Crippen molar-refractivity contribution >= 4 is 47.3 Å². The Hall–Kier alpha value is -4.86. The number of benzene rings is 2. The van der Waals surface area contributed by atoms with Gasteiger partial charge in [0.2, 0.25) is 0 Å². The number of phenolic OH excluding ortho intramolecular Hbond substituents is 2. The number of urea groups is 1. The van der Waals surface area contributed by atoms with E-state index >= 15 is 0 Å². The second kappa shape index (κ2) is 24.3. The number of nitrogens with zero attached hydrogens (tertiary/aromatic N) is 7. The number of aromatic hydroxyl groups is 2. The number of nitrogen functional groups attached to an aromatic ring is 2. The second-order valence-electron chi connectivity index (χ2n) is 9.26. The monoisotopic (exact) mass is 782 g/mol. The number of carbonyl (C=O) groups is 1.